The van der Waals surface area contributed by atoms with E-state index in [4.69, 9.17) is 0 Å². The fourth-order valence-corrected chi connectivity index (χ4v) is 4.75. The van der Waals surface area contributed by atoms with Gasteiger partial charge in [0.2, 0.25) is 5.91 Å². The van der Waals surface area contributed by atoms with Crippen LogP contribution in [0.5, 0.6) is 0 Å². The summed E-state index contributed by atoms with van der Waals surface area (Å²) < 4.78 is 1.60. The molecule has 3 heterocycles. The normalized spacial score (nSPS) is 17.9. The van der Waals surface area contributed by atoms with Crippen LogP contribution in [-0.2, 0) is 4.79 Å². The Morgan fingerprint density at radius 2 is 1.73 bits per heavy atom. The van der Waals surface area contributed by atoms with E-state index in [0.29, 0.717) is 60.6 Å². The number of fused-ring (bicyclic) bond motifs is 3. The fraction of sp³-hybridized carbons (Fsp3) is 0.455. The summed E-state index contributed by atoms with van der Waals surface area (Å²) in [5.74, 6) is 0.571. The largest absolute Gasteiger partial charge is 0.339 e. The molecular weight excluding hydrogens is 382 g/mol. The van der Waals surface area contributed by atoms with Gasteiger partial charge >= 0.3 is 0 Å². The zero-order valence-corrected chi connectivity index (χ0v) is 16.8. The van der Waals surface area contributed by atoms with Gasteiger partial charge in [-0.3, -0.25) is 14.4 Å². The first-order valence-electron chi connectivity index (χ1n) is 10.7. The number of aromatic amines is 1. The van der Waals surface area contributed by atoms with Gasteiger partial charge in [0.15, 0.2) is 0 Å². The van der Waals surface area contributed by atoms with E-state index in [2.05, 4.69) is 10.1 Å². The van der Waals surface area contributed by atoms with E-state index in [-0.39, 0.29) is 17.4 Å². The number of nitrogens with zero attached hydrogens (tertiary/aromatic N) is 4. The summed E-state index contributed by atoms with van der Waals surface area (Å²) in [5, 5.41) is 4.87. The number of amides is 2. The highest BCUT2D eigenvalue weighted by Gasteiger charge is 2.28. The number of piperazine rings is 1. The molecule has 2 aromatic heterocycles. The monoisotopic (exact) mass is 407 g/mol. The van der Waals surface area contributed by atoms with Gasteiger partial charge in [-0.2, -0.15) is 5.10 Å². The second-order valence-corrected chi connectivity index (χ2v) is 8.32. The van der Waals surface area contributed by atoms with E-state index in [1.807, 2.05) is 17.0 Å². The lowest BCUT2D eigenvalue weighted by Gasteiger charge is -2.35. The summed E-state index contributed by atoms with van der Waals surface area (Å²) in [6, 6.07) is 7.19. The second-order valence-electron chi connectivity index (χ2n) is 8.32. The van der Waals surface area contributed by atoms with E-state index in [0.717, 1.165) is 12.8 Å². The second kappa shape index (κ2) is 7.59. The average molecular weight is 407 g/mol. The third-order valence-electron chi connectivity index (χ3n) is 6.47. The minimum Gasteiger partial charge on any atom is -0.339 e. The maximum Gasteiger partial charge on any atom is 0.259 e. The third kappa shape index (κ3) is 3.26. The van der Waals surface area contributed by atoms with Crippen LogP contribution in [0.3, 0.4) is 0 Å². The number of carbonyl (C=O) groups excluding carboxylic acids is 2. The van der Waals surface area contributed by atoms with Crippen LogP contribution < -0.4 is 5.56 Å². The first kappa shape index (κ1) is 18.8. The molecule has 156 valence electrons. The van der Waals surface area contributed by atoms with Crippen LogP contribution in [0, 0.1) is 5.92 Å². The Hall–Kier alpha value is -3.16. The van der Waals surface area contributed by atoms with Gasteiger partial charge in [-0.05, 0) is 30.9 Å². The number of aromatic nitrogens is 3. The molecule has 0 atom stereocenters. The summed E-state index contributed by atoms with van der Waals surface area (Å²) in [5.41, 5.74) is 1.21. The van der Waals surface area contributed by atoms with Crippen LogP contribution in [0.25, 0.3) is 16.6 Å². The topological polar surface area (TPSA) is 90.8 Å². The molecule has 1 saturated carbocycles. The van der Waals surface area contributed by atoms with Crippen molar-refractivity contribution in [2.24, 2.45) is 5.92 Å². The molecular formula is C22H25N5O3. The number of hydrogen-bond donors (Lipinski definition) is 1. The Morgan fingerprint density at radius 3 is 2.50 bits per heavy atom. The lowest BCUT2D eigenvalue weighted by atomic mass is 10.0. The molecule has 0 bridgehead atoms. The highest BCUT2D eigenvalue weighted by Crippen LogP contribution is 2.28. The molecule has 1 N–H and O–H groups in total. The number of carbonyl (C=O) groups is 2. The summed E-state index contributed by atoms with van der Waals surface area (Å²) in [4.78, 5) is 44.5. The zero-order valence-electron chi connectivity index (χ0n) is 16.8. The van der Waals surface area contributed by atoms with Gasteiger partial charge in [-0.1, -0.05) is 25.0 Å². The van der Waals surface area contributed by atoms with Crippen molar-refractivity contribution in [2.75, 3.05) is 26.2 Å². The molecule has 8 heteroatoms. The fourth-order valence-electron chi connectivity index (χ4n) is 4.75. The molecule has 3 aromatic rings. The lowest BCUT2D eigenvalue weighted by molar-refractivity contribution is -0.133. The smallest absolute Gasteiger partial charge is 0.259 e. The van der Waals surface area contributed by atoms with Crippen LogP contribution in [0.2, 0.25) is 0 Å². The first-order valence-corrected chi connectivity index (χ1v) is 10.7. The quantitative estimate of drug-likeness (QED) is 0.719. The molecule has 2 amide bonds. The number of H-pyrrole nitrogens is 1. The molecule has 30 heavy (non-hydrogen) atoms. The number of para-hydroxylation sites is 1. The van der Waals surface area contributed by atoms with Gasteiger partial charge in [0, 0.05) is 32.6 Å². The van der Waals surface area contributed by atoms with E-state index >= 15 is 0 Å². The number of nitrogens with one attached hydrogen (secondary N) is 1. The Balaban J connectivity index is 1.32. The molecule has 1 saturated heterocycles. The van der Waals surface area contributed by atoms with Crippen molar-refractivity contribution >= 4 is 28.4 Å². The number of benzene rings is 1. The Kier molecular flexibility index (Phi) is 4.77. The standard InChI is InChI=1S/C22H25N5O3/c28-19(13-15-5-1-2-6-15)25-9-11-26(12-10-25)22(30)17-14-23-27-18-8-4-3-7-16(18)21(29)24-20(17)27/h3-4,7-8,14-15H,1-2,5-6,9-13H2,(H,24,29). The highest BCUT2D eigenvalue weighted by molar-refractivity contribution is 6.00. The van der Waals surface area contributed by atoms with Crippen molar-refractivity contribution < 1.29 is 9.59 Å². The van der Waals surface area contributed by atoms with Gasteiger partial charge < -0.3 is 14.8 Å². The molecule has 8 nitrogen and oxygen atoms in total. The first-order chi connectivity index (χ1) is 14.6. The Labute approximate surface area is 173 Å². The summed E-state index contributed by atoms with van der Waals surface area (Å²) in [6.45, 7) is 2.08. The van der Waals surface area contributed by atoms with Gasteiger partial charge in [0.25, 0.3) is 11.5 Å². The van der Waals surface area contributed by atoms with Gasteiger partial charge in [-0.25, -0.2) is 4.52 Å². The van der Waals surface area contributed by atoms with Crippen molar-refractivity contribution in [2.45, 2.75) is 32.1 Å². The Bertz CT molecular complexity index is 1170. The molecule has 1 aliphatic carbocycles. The minimum absolute atomic E-state index is 0.168. The van der Waals surface area contributed by atoms with E-state index in [1.54, 1.807) is 21.5 Å². The van der Waals surface area contributed by atoms with E-state index < -0.39 is 0 Å². The molecule has 2 aliphatic rings. The van der Waals surface area contributed by atoms with Crippen molar-refractivity contribution in [1.29, 1.82) is 0 Å². The van der Waals surface area contributed by atoms with Gasteiger partial charge in [0.1, 0.15) is 11.2 Å². The molecule has 5 rings (SSSR count). The lowest BCUT2D eigenvalue weighted by Crippen LogP contribution is -2.50. The van der Waals surface area contributed by atoms with Gasteiger partial charge in [0.05, 0.1) is 17.1 Å². The summed E-state index contributed by atoms with van der Waals surface area (Å²) in [7, 11) is 0. The van der Waals surface area contributed by atoms with E-state index in [9.17, 15) is 14.4 Å². The summed E-state index contributed by atoms with van der Waals surface area (Å²) >= 11 is 0. The SMILES string of the molecule is O=C(CC1CCCC1)N1CCN(C(=O)c2cnn3c2[nH]c(=O)c2ccccc23)CC1. The van der Waals surface area contributed by atoms with Gasteiger partial charge in [-0.15, -0.1) is 0 Å². The molecule has 1 aromatic carbocycles. The molecule has 2 fully saturated rings. The van der Waals surface area contributed by atoms with Crippen molar-refractivity contribution in [3.05, 3.63) is 46.4 Å². The van der Waals surface area contributed by atoms with Crippen LogP contribution in [0.1, 0.15) is 42.5 Å². The van der Waals surface area contributed by atoms with Crippen molar-refractivity contribution in [1.82, 2.24) is 24.4 Å². The maximum atomic E-state index is 13.1. The molecule has 0 radical (unpaired) electrons. The van der Waals surface area contributed by atoms with Crippen LogP contribution in [0.15, 0.2) is 35.3 Å². The zero-order chi connectivity index (χ0) is 20.7. The minimum atomic E-state index is -0.241. The summed E-state index contributed by atoms with van der Waals surface area (Å²) in [6.07, 6.45) is 6.93. The number of hydrogen-bond acceptors (Lipinski definition) is 4. The van der Waals surface area contributed by atoms with Crippen LogP contribution in [-0.4, -0.2) is 62.4 Å². The van der Waals surface area contributed by atoms with Crippen LogP contribution in [0.4, 0.5) is 0 Å². The van der Waals surface area contributed by atoms with Crippen molar-refractivity contribution in [3.8, 4) is 0 Å². The number of rotatable bonds is 3. The molecule has 0 spiro atoms. The maximum absolute atomic E-state index is 13.1. The predicted octanol–water partition coefficient (Wildman–Crippen LogP) is 2.04. The average Bonchev–Trinajstić information content (AvgIpc) is 3.43. The third-order valence-corrected chi connectivity index (χ3v) is 6.47. The van der Waals surface area contributed by atoms with Crippen LogP contribution >= 0.6 is 0 Å². The van der Waals surface area contributed by atoms with E-state index in [1.165, 1.54) is 19.0 Å². The molecule has 1 aliphatic heterocycles. The predicted molar refractivity (Wildman–Crippen MR) is 112 cm³/mol. The highest BCUT2D eigenvalue weighted by atomic mass is 16.2. The Morgan fingerprint density at radius 1 is 1.03 bits per heavy atom. The molecule has 0 unspecified atom stereocenters. The van der Waals surface area contributed by atoms with Crippen molar-refractivity contribution in [3.63, 3.8) is 0 Å².